The van der Waals surface area contributed by atoms with E-state index in [1.165, 1.54) is 24.3 Å². The molecule has 0 radical (unpaired) electrons. The van der Waals surface area contributed by atoms with Crippen molar-refractivity contribution in [1.29, 1.82) is 0 Å². The monoisotopic (exact) mass is 438 g/mol. The van der Waals surface area contributed by atoms with Crippen molar-refractivity contribution >= 4 is 21.6 Å². The molecule has 0 fully saturated rings. The van der Waals surface area contributed by atoms with Crippen molar-refractivity contribution in [3.05, 3.63) is 54.3 Å². The molecule has 0 aliphatic rings. The van der Waals surface area contributed by atoms with E-state index in [2.05, 4.69) is 5.32 Å². The van der Waals surface area contributed by atoms with Gasteiger partial charge in [0.2, 0.25) is 5.91 Å². The van der Waals surface area contributed by atoms with E-state index >= 15 is 0 Å². The average Bonchev–Trinajstić information content (AvgIpc) is 2.73. The second kappa shape index (κ2) is 11.5. The van der Waals surface area contributed by atoms with Crippen LogP contribution in [0.25, 0.3) is 0 Å². The predicted molar refractivity (Wildman–Crippen MR) is 113 cm³/mol. The quantitative estimate of drug-likeness (QED) is 0.515. The number of benzene rings is 2. The highest BCUT2D eigenvalue weighted by Gasteiger charge is 2.27. The third-order valence-electron chi connectivity index (χ3n) is 4.12. The molecule has 0 aliphatic heterocycles. The summed E-state index contributed by atoms with van der Waals surface area (Å²) in [4.78, 5) is 12.4. The fraction of sp³-hybridized carbons (Fsp3) is 0.381. The van der Waals surface area contributed by atoms with Crippen molar-refractivity contribution in [2.75, 3.05) is 37.2 Å². The van der Waals surface area contributed by atoms with Crippen molar-refractivity contribution in [2.45, 2.75) is 25.2 Å². The topological polar surface area (TPSA) is 84.9 Å². The van der Waals surface area contributed by atoms with Gasteiger partial charge in [-0.2, -0.15) is 0 Å². The first-order chi connectivity index (χ1) is 14.4. The van der Waals surface area contributed by atoms with E-state index in [9.17, 15) is 17.6 Å². The van der Waals surface area contributed by atoms with E-state index in [0.717, 1.165) is 16.4 Å². The lowest BCUT2D eigenvalue weighted by atomic mass is 10.3. The fourth-order valence-electron chi connectivity index (χ4n) is 2.66. The summed E-state index contributed by atoms with van der Waals surface area (Å²) in [5, 5.41) is 2.68. The van der Waals surface area contributed by atoms with Crippen LogP contribution in [-0.2, 0) is 19.6 Å². The van der Waals surface area contributed by atoms with Crippen LogP contribution in [-0.4, -0.2) is 47.2 Å². The molecule has 0 atom stereocenters. The molecule has 2 aromatic rings. The maximum Gasteiger partial charge on any atom is 0.264 e. The Labute approximate surface area is 176 Å². The molecule has 0 aromatic heterocycles. The second-order valence-electron chi connectivity index (χ2n) is 6.29. The van der Waals surface area contributed by atoms with Crippen LogP contribution in [0.1, 0.15) is 20.3 Å². The Morgan fingerprint density at radius 1 is 1.03 bits per heavy atom. The summed E-state index contributed by atoms with van der Waals surface area (Å²) >= 11 is 0. The van der Waals surface area contributed by atoms with Gasteiger partial charge in [0.25, 0.3) is 10.0 Å². The Hall–Kier alpha value is -2.65. The molecule has 30 heavy (non-hydrogen) atoms. The third-order valence-corrected chi connectivity index (χ3v) is 5.90. The Morgan fingerprint density at radius 3 is 2.30 bits per heavy atom. The van der Waals surface area contributed by atoms with Crippen LogP contribution in [0.5, 0.6) is 5.75 Å². The number of amides is 1. The highest BCUT2D eigenvalue weighted by atomic mass is 32.2. The van der Waals surface area contributed by atoms with Gasteiger partial charge < -0.3 is 14.8 Å². The molecule has 1 N–H and O–H groups in total. The van der Waals surface area contributed by atoms with Gasteiger partial charge in [0.1, 0.15) is 18.1 Å². The van der Waals surface area contributed by atoms with Gasteiger partial charge in [-0.1, -0.05) is 0 Å². The maximum atomic E-state index is 13.3. The van der Waals surface area contributed by atoms with Gasteiger partial charge in [0.05, 0.1) is 17.2 Å². The van der Waals surface area contributed by atoms with Gasteiger partial charge in [-0.15, -0.1) is 0 Å². The van der Waals surface area contributed by atoms with Gasteiger partial charge in [0.15, 0.2) is 0 Å². The molecule has 0 bridgehead atoms. The van der Waals surface area contributed by atoms with E-state index < -0.39 is 28.3 Å². The van der Waals surface area contributed by atoms with Gasteiger partial charge in [-0.25, -0.2) is 12.8 Å². The summed E-state index contributed by atoms with van der Waals surface area (Å²) in [5.41, 5.74) is 0.190. The van der Waals surface area contributed by atoms with Crippen molar-refractivity contribution in [3.8, 4) is 5.75 Å². The van der Waals surface area contributed by atoms with E-state index in [4.69, 9.17) is 9.47 Å². The van der Waals surface area contributed by atoms with Gasteiger partial charge in [0, 0.05) is 19.8 Å². The van der Waals surface area contributed by atoms with Gasteiger partial charge >= 0.3 is 0 Å². The average molecular weight is 439 g/mol. The molecule has 7 nitrogen and oxygen atoms in total. The van der Waals surface area contributed by atoms with Crippen LogP contribution in [0.4, 0.5) is 10.1 Å². The number of hydrogen-bond acceptors (Lipinski definition) is 5. The number of carbonyl (C=O) groups is 1. The molecule has 0 aliphatic carbocycles. The number of carbonyl (C=O) groups excluding carboxylic acids is 1. The number of nitrogens with one attached hydrogen (secondary N) is 1. The minimum Gasteiger partial charge on any atom is -0.494 e. The first-order valence-electron chi connectivity index (χ1n) is 9.74. The van der Waals surface area contributed by atoms with Crippen molar-refractivity contribution in [2.24, 2.45) is 0 Å². The van der Waals surface area contributed by atoms with Crippen LogP contribution < -0.4 is 14.4 Å². The van der Waals surface area contributed by atoms with E-state index in [0.29, 0.717) is 38.5 Å². The lowest BCUT2D eigenvalue weighted by Crippen LogP contribution is -2.41. The number of halogens is 1. The van der Waals surface area contributed by atoms with Crippen molar-refractivity contribution < 1.29 is 27.1 Å². The predicted octanol–water partition coefficient (Wildman–Crippen LogP) is 2.96. The molecule has 0 unspecified atom stereocenters. The van der Waals surface area contributed by atoms with Gasteiger partial charge in [-0.05, 0) is 68.8 Å². The summed E-state index contributed by atoms with van der Waals surface area (Å²) in [7, 11) is -4.06. The Morgan fingerprint density at radius 2 is 1.70 bits per heavy atom. The number of nitrogens with zero attached hydrogens (tertiary/aromatic N) is 1. The number of anilines is 1. The SMILES string of the molecule is CCOCCCNC(=O)CN(c1ccc(F)cc1)S(=O)(=O)c1ccc(OCC)cc1. The number of rotatable bonds is 12. The number of hydrogen-bond donors (Lipinski definition) is 1. The van der Waals surface area contributed by atoms with Gasteiger partial charge in [-0.3, -0.25) is 9.10 Å². The summed E-state index contributed by atoms with van der Waals surface area (Å²) in [6, 6.07) is 10.9. The number of sulfonamides is 1. The van der Waals surface area contributed by atoms with Crippen LogP contribution in [0.2, 0.25) is 0 Å². The Kier molecular flexibility index (Phi) is 9.07. The summed E-state index contributed by atoms with van der Waals surface area (Å²) in [6.45, 7) is 5.18. The zero-order chi connectivity index (χ0) is 22.0. The normalized spacial score (nSPS) is 11.2. The zero-order valence-electron chi connectivity index (χ0n) is 17.1. The summed E-state index contributed by atoms with van der Waals surface area (Å²) in [6.07, 6.45) is 0.613. The molecule has 2 rings (SSSR count). The Bertz CT molecular complexity index is 902. The smallest absolute Gasteiger partial charge is 0.264 e. The molecule has 164 valence electrons. The Balaban J connectivity index is 2.22. The molecular weight excluding hydrogens is 411 g/mol. The molecule has 0 saturated heterocycles. The lowest BCUT2D eigenvalue weighted by Gasteiger charge is -2.24. The van der Waals surface area contributed by atoms with Crippen molar-refractivity contribution in [3.63, 3.8) is 0 Å². The lowest BCUT2D eigenvalue weighted by molar-refractivity contribution is -0.119. The molecule has 0 saturated carbocycles. The van der Waals surface area contributed by atoms with E-state index in [1.807, 2.05) is 13.8 Å². The summed E-state index contributed by atoms with van der Waals surface area (Å²) in [5.74, 6) is -0.431. The maximum absolute atomic E-state index is 13.3. The molecule has 9 heteroatoms. The molecule has 2 aromatic carbocycles. The second-order valence-corrected chi connectivity index (χ2v) is 8.16. The fourth-order valence-corrected chi connectivity index (χ4v) is 4.08. The number of ether oxygens (including phenoxy) is 2. The highest BCUT2D eigenvalue weighted by molar-refractivity contribution is 7.92. The summed E-state index contributed by atoms with van der Waals surface area (Å²) < 4.78 is 51.3. The van der Waals surface area contributed by atoms with Crippen LogP contribution in [0.3, 0.4) is 0 Å². The molecule has 1 amide bonds. The van der Waals surface area contributed by atoms with Crippen LogP contribution >= 0.6 is 0 Å². The first-order valence-corrected chi connectivity index (χ1v) is 11.2. The van der Waals surface area contributed by atoms with E-state index in [1.54, 1.807) is 12.1 Å². The molecule has 0 spiro atoms. The van der Waals surface area contributed by atoms with E-state index in [-0.39, 0.29) is 10.6 Å². The third kappa shape index (κ3) is 6.70. The molecular formula is C21H27FN2O5S. The minimum absolute atomic E-state index is 0.000533. The van der Waals surface area contributed by atoms with Crippen molar-refractivity contribution in [1.82, 2.24) is 5.32 Å². The van der Waals surface area contributed by atoms with Crippen LogP contribution in [0.15, 0.2) is 53.4 Å². The largest absolute Gasteiger partial charge is 0.494 e. The minimum atomic E-state index is -4.06. The highest BCUT2D eigenvalue weighted by Crippen LogP contribution is 2.25. The standard InChI is InChI=1S/C21H27FN2O5S/c1-3-28-15-5-14-23-21(25)16-24(18-8-6-17(22)7-9-18)30(26,27)20-12-10-19(11-13-20)29-4-2/h6-13H,3-5,14-16H2,1-2H3,(H,23,25). The zero-order valence-corrected chi connectivity index (χ0v) is 18.0. The molecule has 0 heterocycles. The first kappa shape index (κ1) is 23.6. The van der Waals surface area contributed by atoms with Crippen LogP contribution in [0, 0.1) is 5.82 Å².